The highest BCUT2D eigenvalue weighted by Gasteiger charge is 2.19. The smallest absolute Gasteiger partial charge is 0.268 e. The van der Waals surface area contributed by atoms with Crippen molar-refractivity contribution in [1.29, 1.82) is 0 Å². The van der Waals surface area contributed by atoms with Gasteiger partial charge in [0, 0.05) is 10.6 Å². The molecule has 7 heteroatoms. The van der Waals surface area contributed by atoms with Crippen LogP contribution in [0.25, 0.3) is 6.08 Å². The number of carboxylic acids is 1. The van der Waals surface area contributed by atoms with E-state index in [1.165, 1.54) is 6.08 Å². The lowest BCUT2D eigenvalue weighted by molar-refractivity contribution is -0.308. The number of rotatable bonds is 8. The number of hydrogen-bond donors (Lipinski definition) is 2. The van der Waals surface area contributed by atoms with Crippen molar-refractivity contribution in [3.8, 4) is 0 Å². The number of nitrogens with one attached hydrogen (secondary N) is 2. The second-order valence-corrected chi connectivity index (χ2v) is 7.00. The van der Waals surface area contributed by atoms with Gasteiger partial charge in [0.1, 0.15) is 5.70 Å². The monoisotopic (exact) mass is 413 g/mol. The maximum atomic E-state index is 12.7. The van der Waals surface area contributed by atoms with Crippen LogP contribution in [0.3, 0.4) is 0 Å². The third-order valence-corrected chi connectivity index (χ3v) is 4.41. The van der Waals surface area contributed by atoms with Gasteiger partial charge < -0.3 is 20.5 Å². The van der Waals surface area contributed by atoms with E-state index in [1.54, 1.807) is 55.5 Å². The quantitative estimate of drug-likeness (QED) is 0.649. The average molecular weight is 414 g/mol. The summed E-state index contributed by atoms with van der Waals surface area (Å²) in [6, 6.07) is 12.3. The first-order valence-corrected chi connectivity index (χ1v) is 9.55. The molecule has 2 rings (SSSR count). The van der Waals surface area contributed by atoms with Gasteiger partial charge in [0.05, 0.1) is 12.0 Å². The molecule has 0 saturated carbocycles. The normalized spacial score (nSPS) is 12.2. The van der Waals surface area contributed by atoms with Crippen molar-refractivity contribution < 1.29 is 19.5 Å². The molecule has 0 aliphatic carbocycles. The second kappa shape index (κ2) is 10.4. The second-order valence-electron chi connectivity index (χ2n) is 6.56. The first-order valence-electron chi connectivity index (χ1n) is 9.17. The Bertz CT molecular complexity index is 905. The van der Waals surface area contributed by atoms with E-state index in [4.69, 9.17) is 11.6 Å². The Labute approximate surface area is 174 Å². The van der Waals surface area contributed by atoms with Crippen LogP contribution in [0.4, 0.5) is 0 Å². The number of carboxylic acid groups (broad SMARTS) is 1. The Hall–Kier alpha value is -3.12. The minimum Gasteiger partial charge on any atom is -0.548 e. The van der Waals surface area contributed by atoms with Gasteiger partial charge in [-0.3, -0.25) is 9.59 Å². The van der Waals surface area contributed by atoms with Crippen LogP contribution in [0.5, 0.6) is 0 Å². The molecule has 0 aliphatic rings. The zero-order valence-corrected chi connectivity index (χ0v) is 17.0. The van der Waals surface area contributed by atoms with Crippen LogP contribution in [0, 0.1) is 6.92 Å². The van der Waals surface area contributed by atoms with Crippen LogP contribution >= 0.6 is 11.6 Å². The van der Waals surface area contributed by atoms with Crippen molar-refractivity contribution in [3.63, 3.8) is 0 Å². The van der Waals surface area contributed by atoms with Gasteiger partial charge in [0.2, 0.25) is 0 Å². The Morgan fingerprint density at radius 1 is 1.07 bits per heavy atom. The summed E-state index contributed by atoms with van der Waals surface area (Å²) >= 11 is 5.88. The van der Waals surface area contributed by atoms with Gasteiger partial charge in [0.25, 0.3) is 11.8 Å². The van der Waals surface area contributed by atoms with Crippen molar-refractivity contribution in [2.75, 3.05) is 0 Å². The summed E-state index contributed by atoms with van der Waals surface area (Å²) in [6.45, 7) is 3.69. The van der Waals surface area contributed by atoms with Gasteiger partial charge >= 0.3 is 0 Å². The summed E-state index contributed by atoms with van der Waals surface area (Å²) in [5, 5.41) is 16.8. The molecule has 2 aromatic rings. The zero-order chi connectivity index (χ0) is 21.4. The predicted molar refractivity (Wildman–Crippen MR) is 110 cm³/mol. The fourth-order valence-electron chi connectivity index (χ4n) is 2.56. The van der Waals surface area contributed by atoms with Crippen LogP contribution in [0.2, 0.25) is 5.02 Å². The third-order valence-electron chi connectivity index (χ3n) is 4.15. The lowest BCUT2D eigenvalue weighted by Gasteiger charge is -2.20. The number of carbonyl (C=O) groups is 3. The Morgan fingerprint density at radius 2 is 1.69 bits per heavy atom. The van der Waals surface area contributed by atoms with E-state index < -0.39 is 23.8 Å². The first kappa shape index (κ1) is 22.2. The van der Waals surface area contributed by atoms with E-state index in [0.29, 0.717) is 22.6 Å². The van der Waals surface area contributed by atoms with Crippen LogP contribution in [-0.4, -0.2) is 23.8 Å². The molecular formula is C22H22ClN2O4-. The molecular weight excluding hydrogens is 392 g/mol. The molecule has 2 aromatic carbocycles. The molecule has 0 saturated heterocycles. The number of carbonyl (C=O) groups excluding carboxylic acids is 3. The molecule has 0 aromatic heterocycles. The molecule has 0 heterocycles. The number of aliphatic carboxylic acids is 1. The van der Waals surface area contributed by atoms with E-state index >= 15 is 0 Å². The topological polar surface area (TPSA) is 98.3 Å². The van der Waals surface area contributed by atoms with Gasteiger partial charge in [0.15, 0.2) is 0 Å². The Balaban J connectivity index is 2.30. The molecule has 0 fully saturated rings. The van der Waals surface area contributed by atoms with Crippen LogP contribution in [0.15, 0.2) is 54.2 Å². The number of hydrogen-bond acceptors (Lipinski definition) is 4. The summed E-state index contributed by atoms with van der Waals surface area (Å²) in [4.78, 5) is 36.6. The van der Waals surface area contributed by atoms with Crippen molar-refractivity contribution in [2.45, 2.75) is 32.7 Å². The van der Waals surface area contributed by atoms with E-state index in [-0.39, 0.29) is 12.1 Å². The molecule has 0 unspecified atom stereocenters. The number of aryl methyl sites for hydroxylation is 1. The summed E-state index contributed by atoms with van der Waals surface area (Å²) in [7, 11) is 0. The SMILES string of the molecule is CCC[C@H](NC(=O)/C(=C/c1ccc(Cl)cc1)NC(=O)c1ccc(C)cc1)C(=O)[O-]. The first-order chi connectivity index (χ1) is 13.8. The molecule has 2 amide bonds. The summed E-state index contributed by atoms with van der Waals surface area (Å²) in [6.07, 6.45) is 2.22. The Kier molecular flexibility index (Phi) is 7.98. The fraction of sp³-hybridized carbons (Fsp3) is 0.227. The van der Waals surface area contributed by atoms with Gasteiger partial charge in [-0.25, -0.2) is 0 Å². The molecule has 2 N–H and O–H groups in total. The average Bonchev–Trinajstić information content (AvgIpc) is 2.69. The Morgan fingerprint density at radius 3 is 2.24 bits per heavy atom. The van der Waals surface area contributed by atoms with E-state index in [0.717, 1.165) is 5.56 Å². The lowest BCUT2D eigenvalue weighted by atomic mass is 10.1. The van der Waals surface area contributed by atoms with Gasteiger partial charge in [-0.15, -0.1) is 0 Å². The minimum atomic E-state index is -1.38. The standard InChI is InChI=1S/C22H23ClN2O4/c1-3-4-18(22(28)29)24-21(27)19(13-15-7-11-17(23)12-8-15)25-20(26)16-9-5-14(2)6-10-16/h5-13,18H,3-4H2,1-2H3,(H,24,27)(H,25,26)(H,28,29)/p-1/b19-13-/t18-/m0/s1. The number of benzene rings is 2. The van der Waals surface area contributed by atoms with Crippen LogP contribution < -0.4 is 15.7 Å². The van der Waals surface area contributed by atoms with Gasteiger partial charge in [-0.2, -0.15) is 0 Å². The maximum Gasteiger partial charge on any atom is 0.268 e. The fourth-order valence-corrected chi connectivity index (χ4v) is 2.68. The highest BCUT2D eigenvalue weighted by Crippen LogP contribution is 2.13. The third kappa shape index (κ3) is 6.76. The van der Waals surface area contributed by atoms with Crippen LogP contribution in [0.1, 0.15) is 41.3 Å². The largest absolute Gasteiger partial charge is 0.548 e. The molecule has 0 bridgehead atoms. The highest BCUT2D eigenvalue weighted by atomic mass is 35.5. The zero-order valence-electron chi connectivity index (χ0n) is 16.2. The van der Waals surface area contributed by atoms with Crippen molar-refractivity contribution in [2.24, 2.45) is 0 Å². The van der Waals surface area contributed by atoms with Gasteiger partial charge in [-0.1, -0.05) is 54.8 Å². The molecule has 0 aliphatic heterocycles. The summed E-state index contributed by atoms with van der Waals surface area (Å²) < 4.78 is 0. The van der Waals surface area contributed by atoms with Crippen molar-refractivity contribution in [1.82, 2.24) is 10.6 Å². The summed E-state index contributed by atoms with van der Waals surface area (Å²) in [5.41, 5.74) is 1.90. The van der Waals surface area contributed by atoms with Crippen molar-refractivity contribution >= 4 is 35.5 Å². The summed E-state index contributed by atoms with van der Waals surface area (Å²) in [5.74, 6) is -2.58. The minimum absolute atomic E-state index is 0.0831. The van der Waals surface area contributed by atoms with E-state index in [2.05, 4.69) is 10.6 Å². The van der Waals surface area contributed by atoms with Crippen molar-refractivity contribution in [3.05, 3.63) is 75.9 Å². The molecule has 0 spiro atoms. The van der Waals surface area contributed by atoms with E-state index in [9.17, 15) is 19.5 Å². The lowest BCUT2D eigenvalue weighted by Crippen LogP contribution is -2.49. The molecule has 29 heavy (non-hydrogen) atoms. The van der Waals surface area contributed by atoms with E-state index in [1.807, 2.05) is 6.92 Å². The maximum absolute atomic E-state index is 12.7. The molecule has 6 nitrogen and oxygen atoms in total. The van der Waals surface area contributed by atoms with Crippen LogP contribution in [-0.2, 0) is 9.59 Å². The molecule has 0 radical (unpaired) electrons. The predicted octanol–water partition coefficient (Wildman–Crippen LogP) is 2.45. The number of halogens is 1. The number of amides is 2. The molecule has 1 atom stereocenters. The highest BCUT2D eigenvalue weighted by molar-refractivity contribution is 6.30. The molecule has 152 valence electrons. The van der Waals surface area contributed by atoms with Gasteiger partial charge in [-0.05, 0) is 49.2 Å².